The molecular formula is C18H23N5O7S. The number of carbonyl (C=O) groups is 1. The fourth-order valence-corrected chi connectivity index (χ4v) is 4.19. The average Bonchev–Trinajstić information content (AvgIpc) is 3.12. The predicted molar refractivity (Wildman–Crippen MR) is 109 cm³/mol. The third-order valence-electron chi connectivity index (χ3n) is 4.54. The molecule has 12 nitrogen and oxygen atoms in total. The van der Waals surface area contributed by atoms with Gasteiger partial charge < -0.3 is 14.4 Å². The molecule has 3 rings (SSSR count). The number of benzene rings is 1. The molecular weight excluding hydrogens is 430 g/mol. The zero-order valence-corrected chi connectivity index (χ0v) is 17.9. The number of rotatable bonds is 8. The molecule has 1 aromatic heterocycles. The Bertz CT molecular complexity index is 1080. The average molecular weight is 453 g/mol. The molecule has 0 unspecified atom stereocenters. The first kappa shape index (κ1) is 22.7. The summed E-state index contributed by atoms with van der Waals surface area (Å²) in [5, 5.41) is 15.3. The first-order chi connectivity index (χ1) is 14.7. The molecule has 31 heavy (non-hydrogen) atoms. The molecule has 1 fully saturated rings. The molecule has 1 aromatic carbocycles. The van der Waals surface area contributed by atoms with Gasteiger partial charge in [0.1, 0.15) is 10.6 Å². The van der Waals surface area contributed by atoms with Crippen LogP contribution in [-0.4, -0.2) is 66.8 Å². The van der Waals surface area contributed by atoms with Gasteiger partial charge in [0.15, 0.2) is 5.69 Å². The number of nitro groups is 1. The van der Waals surface area contributed by atoms with Crippen LogP contribution in [0.5, 0.6) is 11.6 Å². The number of sulfonamides is 1. The van der Waals surface area contributed by atoms with Crippen molar-refractivity contribution in [2.24, 2.45) is 7.05 Å². The number of morpholine rings is 1. The lowest BCUT2D eigenvalue weighted by Crippen LogP contribution is -2.40. The summed E-state index contributed by atoms with van der Waals surface area (Å²) >= 11 is 0. The molecule has 2 aromatic rings. The maximum absolute atomic E-state index is 12.7. The van der Waals surface area contributed by atoms with E-state index in [4.69, 9.17) is 9.47 Å². The molecule has 13 heteroatoms. The number of carbonyl (C=O) groups excluding carboxylic acids is 1. The molecule has 0 radical (unpaired) electrons. The fourth-order valence-electron chi connectivity index (χ4n) is 2.91. The number of hydrogen-bond acceptors (Lipinski definition) is 8. The van der Waals surface area contributed by atoms with E-state index < -0.39 is 20.6 Å². The van der Waals surface area contributed by atoms with E-state index in [2.05, 4.69) is 9.82 Å². The van der Waals surface area contributed by atoms with Crippen molar-refractivity contribution in [1.82, 2.24) is 19.4 Å². The van der Waals surface area contributed by atoms with E-state index in [1.807, 2.05) is 0 Å². The van der Waals surface area contributed by atoms with Crippen molar-refractivity contribution in [3.05, 3.63) is 40.1 Å². The van der Waals surface area contributed by atoms with E-state index in [-0.39, 0.29) is 34.7 Å². The number of non-ortho nitro benzene ring substituents is 1. The number of aryl methyl sites for hydroxylation is 1. The van der Waals surface area contributed by atoms with Gasteiger partial charge >= 0.3 is 0 Å². The summed E-state index contributed by atoms with van der Waals surface area (Å²) in [6, 6.07) is 4.68. The summed E-state index contributed by atoms with van der Waals surface area (Å²) in [5.41, 5.74) is -0.257. The monoisotopic (exact) mass is 453 g/mol. The van der Waals surface area contributed by atoms with Crippen LogP contribution >= 0.6 is 0 Å². The highest BCUT2D eigenvalue weighted by atomic mass is 32.2. The van der Waals surface area contributed by atoms with Crippen LogP contribution in [0.4, 0.5) is 5.69 Å². The normalized spacial score (nSPS) is 14.5. The molecule has 168 valence electrons. The first-order valence-electron chi connectivity index (χ1n) is 9.60. The lowest BCUT2D eigenvalue weighted by atomic mass is 10.3. The minimum Gasteiger partial charge on any atom is -0.438 e. The fraction of sp³-hybridized carbons (Fsp3) is 0.444. The molecule has 0 saturated carbocycles. The topological polar surface area (TPSA) is 146 Å². The molecule has 1 saturated heterocycles. The summed E-state index contributed by atoms with van der Waals surface area (Å²) < 4.78 is 40.0. The Kier molecular flexibility index (Phi) is 6.87. The second kappa shape index (κ2) is 9.41. The standard InChI is InChI=1S/C18H23N5O7S/c1-3-6-19-31(27,28)16-11-13(23(25)26)4-5-15(16)30-17-12-14(20-21(17)2)18(24)22-7-9-29-10-8-22/h4-5,11-12,19H,3,6-10H2,1-2H3. The Morgan fingerprint density at radius 2 is 2.03 bits per heavy atom. The number of aromatic nitrogens is 2. The lowest BCUT2D eigenvalue weighted by molar-refractivity contribution is -0.385. The van der Waals surface area contributed by atoms with E-state index >= 15 is 0 Å². The Balaban J connectivity index is 1.92. The van der Waals surface area contributed by atoms with E-state index in [0.717, 1.165) is 12.1 Å². The Morgan fingerprint density at radius 1 is 1.32 bits per heavy atom. The first-order valence-corrected chi connectivity index (χ1v) is 11.1. The second-order valence-corrected chi connectivity index (χ2v) is 8.52. The van der Waals surface area contributed by atoms with E-state index in [1.165, 1.54) is 16.8 Å². The summed E-state index contributed by atoms with van der Waals surface area (Å²) in [5.74, 6) is -0.310. The van der Waals surface area contributed by atoms with Crippen LogP contribution in [0.15, 0.2) is 29.2 Å². The molecule has 1 aliphatic heterocycles. The maximum Gasteiger partial charge on any atom is 0.274 e. The Labute approximate surface area is 178 Å². The Morgan fingerprint density at radius 3 is 2.68 bits per heavy atom. The van der Waals surface area contributed by atoms with Crippen molar-refractivity contribution in [3.63, 3.8) is 0 Å². The van der Waals surface area contributed by atoms with Crippen LogP contribution < -0.4 is 9.46 Å². The highest BCUT2D eigenvalue weighted by Crippen LogP contribution is 2.32. The summed E-state index contributed by atoms with van der Waals surface area (Å²) in [6.07, 6.45) is 0.541. The van der Waals surface area contributed by atoms with Gasteiger partial charge in [-0.3, -0.25) is 14.9 Å². The van der Waals surface area contributed by atoms with Gasteiger partial charge in [0.2, 0.25) is 15.9 Å². The predicted octanol–water partition coefficient (Wildman–Crippen LogP) is 1.28. The minimum absolute atomic E-state index is 0.109. The second-order valence-electron chi connectivity index (χ2n) is 6.78. The summed E-state index contributed by atoms with van der Waals surface area (Å²) in [7, 11) is -2.52. The smallest absolute Gasteiger partial charge is 0.274 e. The SMILES string of the molecule is CCCNS(=O)(=O)c1cc([N+](=O)[O-])ccc1Oc1cc(C(=O)N2CCOCC2)nn1C. The van der Waals surface area contributed by atoms with Crippen LogP contribution in [0.3, 0.4) is 0 Å². The zero-order valence-electron chi connectivity index (χ0n) is 17.1. The van der Waals surface area contributed by atoms with E-state index in [1.54, 1.807) is 18.9 Å². The van der Waals surface area contributed by atoms with E-state index in [0.29, 0.717) is 32.7 Å². The molecule has 0 aliphatic carbocycles. The quantitative estimate of drug-likeness (QED) is 0.465. The number of nitrogens with zero attached hydrogens (tertiary/aromatic N) is 4. The van der Waals surface area contributed by atoms with Gasteiger partial charge in [0.05, 0.1) is 18.1 Å². The van der Waals surface area contributed by atoms with Gasteiger partial charge in [-0.1, -0.05) is 6.92 Å². The molecule has 0 spiro atoms. The van der Waals surface area contributed by atoms with Gasteiger partial charge in [0.25, 0.3) is 11.6 Å². The third kappa shape index (κ3) is 5.18. The van der Waals surface area contributed by atoms with Crippen molar-refractivity contribution in [2.75, 3.05) is 32.8 Å². The zero-order chi connectivity index (χ0) is 22.6. The largest absolute Gasteiger partial charge is 0.438 e. The van der Waals surface area contributed by atoms with Gasteiger partial charge in [-0.2, -0.15) is 5.10 Å². The minimum atomic E-state index is -4.07. The van der Waals surface area contributed by atoms with Gasteiger partial charge in [-0.15, -0.1) is 0 Å². The molecule has 2 heterocycles. The number of hydrogen-bond donors (Lipinski definition) is 1. The van der Waals surface area contributed by atoms with Crippen molar-refractivity contribution >= 4 is 21.6 Å². The van der Waals surface area contributed by atoms with Crippen LogP contribution in [0.1, 0.15) is 23.8 Å². The number of nitrogens with one attached hydrogen (secondary N) is 1. The van der Waals surface area contributed by atoms with Crippen molar-refractivity contribution in [3.8, 4) is 11.6 Å². The van der Waals surface area contributed by atoms with Crippen molar-refractivity contribution in [2.45, 2.75) is 18.2 Å². The molecule has 0 atom stereocenters. The van der Waals surface area contributed by atoms with Gasteiger partial charge in [-0.05, 0) is 12.5 Å². The lowest BCUT2D eigenvalue weighted by Gasteiger charge is -2.25. The summed E-state index contributed by atoms with van der Waals surface area (Å²) in [4.78, 5) is 24.3. The van der Waals surface area contributed by atoms with Gasteiger partial charge in [0, 0.05) is 44.9 Å². The molecule has 1 N–H and O–H groups in total. The number of ether oxygens (including phenoxy) is 2. The van der Waals surface area contributed by atoms with Crippen LogP contribution in [0.2, 0.25) is 0 Å². The van der Waals surface area contributed by atoms with Gasteiger partial charge in [-0.25, -0.2) is 17.8 Å². The highest BCUT2D eigenvalue weighted by Gasteiger charge is 2.26. The highest BCUT2D eigenvalue weighted by molar-refractivity contribution is 7.89. The van der Waals surface area contributed by atoms with Crippen LogP contribution in [-0.2, 0) is 21.8 Å². The number of amides is 1. The van der Waals surface area contributed by atoms with Crippen LogP contribution in [0.25, 0.3) is 0 Å². The summed E-state index contributed by atoms with van der Waals surface area (Å²) in [6.45, 7) is 3.72. The third-order valence-corrected chi connectivity index (χ3v) is 6.02. The van der Waals surface area contributed by atoms with E-state index in [9.17, 15) is 23.3 Å². The molecule has 1 amide bonds. The van der Waals surface area contributed by atoms with Crippen molar-refractivity contribution < 1.29 is 27.6 Å². The Hall–Kier alpha value is -3.03. The molecule has 1 aliphatic rings. The van der Waals surface area contributed by atoms with Crippen molar-refractivity contribution in [1.29, 1.82) is 0 Å². The maximum atomic E-state index is 12.7. The van der Waals surface area contributed by atoms with Crippen LogP contribution in [0, 0.1) is 10.1 Å². The molecule has 0 bridgehead atoms. The number of nitro benzene ring substituents is 1.